The van der Waals surface area contributed by atoms with Crippen LogP contribution in [0, 0.1) is 0 Å². The number of rotatable bonds is 2. The van der Waals surface area contributed by atoms with Gasteiger partial charge < -0.3 is 5.11 Å². The van der Waals surface area contributed by atoms with Crippen LogP contribution in [0.4, 0.5) is 0 Å². The van der Waals surface area contributed by atoms with Crippen LogP contribution in [0.5, 0.6) is 0 Å². The molecule has 0 amide bonds. The molecule has 1 N–H and O–H groups in total. The van der Waals surface area contributed by atoms with E-state index in [2.05, 4.69) is 4.99 Å². The van der Waals surface area contributed by atoms with E-state index in [4.69, 9.17) is 5.11 Å². The van der Waals surface area contributed by atoms with E-state index in [1.54, 1.807) is 6.20 Å². The largest absolute Gasteiger partial charge is 0.481 e. The topological polar surface area (TPSA) is 49.7 Å². The Kier molecular flexibility index (Phi) is 2.20. The van der Waals surface area contributed by atoms with Gasteiger partial charge in [-0.15, -0.1) is 0 Å². The Hall–Kier alpha value is -1.12. The van der Waals surface area contributed by atoms with Crippen molar-refractivity contribution in [3.05, 3.63) is 12.3 Å². The normalized spacial score (nSPS) is 16.6. The van der Waals surface area contributed by atoms with Crippen molar-refractivity contribution in [3.8, 4) is 0 Å². The van der Waals surface area contributed by atoms with Gasteiger partial charge in [0.05, 0.1) is 6.42 Å². The lowest BCUT2D eigenvalue weighted by Crippen LogP contribution is -2.07. The molecule has 1 aliphatic heterocycles. The number of carboxylic acids is 1. The Balaban J connectivity index is 2.47. The molecule has 0 aliphatic carbocycles. The first kappa shape index (κ1) is 6.99. The lowest BCUT2D eigenvalue weighted by molar-refractivity contribution is -0.135. The summed E-state index contributed by atoms with van der Waals surface area (Å²) in [6, 6.07) is 0. The zero-order valence-electron chi connectivity index (χ0n) is 5.58. The van der Waals surface area contributed by atoms with Crippen molar-refractivity contribution in [2.75, 3.05) is 0 Å². The predicted molar refractivity (Wildman–Crippen MR) is 38.1 cm³/mol. The maximum atomic E-state index is 10.2. The number of carbonyl (C=O) groups is 1. The van der Waals surface area contributed by atoms with E-state index >= 15 is 0 Å². The van der Waals surface area contributed by atoms with Crippen molar-refractivity contribution in [2.45, 2.75) is 19.3 Å². The molecule has 0 aromatic rings. The number of aliphatic imine (C=N–C) groups is 1. The van der Waals surface area contributed by atoms with Crippen molar-refractivity contribution in [1.29, 1.82) is 0 Å². The highest BCUT2D eigenvalue weighted by Crippen LogP contribution is 2.05. The molecule has 54 valence electrons. The minimum Gasteiger partial charge on any atom is -0.481 e. The summed E-state index contributed by atoms with van der Waals surface area (Å²) in [7, 11) is 0. The third kappa shape index (κ3) is 2.01. The molecule has 0 unspecified atom stereocenters. The van der Waals surface area contributed by atoms with Crippen LogP contribution in [0.2, 0.25) is 0 Å². The summed E-state index contributed by atoms with van der Waals surface area (Å²) >= 11 is 0. The average molecular weight is 139 g/mol. The van der Waals surface area contributed by atoms with E-state index in [0.29, 0.717) is 0 Å². The van der Waals surface area contributed by atoms with Crippen molar-refractivity contribution < 1.29 is 9.90 Å². The van der Waals surface area contributed by atoms with Gasteiger partial charge in [0.2, 0.25) is 0 Å². The minimum absolute atomic E-state index is 0.0876. The molecule has 10 heavy (non-hydrogen) atoms. The number of nitrogens with zero attached hydrogens (tertiary/aromatic N) is 1. The van der Waals surface area contributed by atoms with Gasteiger partial charge in [-0.2, -0.15) is 0 Å². The summed E-state index contributed by atoms with van der Waals surface area (Å²) in [6.07, 6.45) is 5.41. The molecular formula is C7H9NO2. The smallest absolute Gasteiger partial charge is 0.309 e. The van der Waals surface area contributed by atoms with Gasteiger partial charge in [0.25, 0.3) is 0 Å². The first-order valence-electron chi connectivity index (χ1n) is 3.21. The van der Waals surface area contributed by atoms with Crippen LogP contribution < -0.4 is 0 Å². The molecule has 0 radical (unpaired) electrons. The summed E-state index contributed by atoms with van der Waals surface area (Å²) in [5.74, 6) is -0.797. The van der Waals surface area contributed by atoms with Gasteiger partial charge in [-0.3, -0.25) is 9.79 Å². The van der Waals surface area contributed by atoms with Crippen molar-refractivity contribution in [2.24, 2.45) is 4.99 Å². The molecule has 0 aromatic heterocycles. The molecule has 3 nitrogen and oxygen atoms in total. The second-order valence-electron chi connectivity index (χ2n) is 2.19. The van der Waals surface area contributed by atoms with Gasteiger partial charge in [0.15, 0.2) is 0 Å². The predicted octanol–water partition coefficient (Wildman–Crippen LogP) is 1.21. The summed E-state index contributed by atoms with van der Waals surface area (Å²) in [4.78, 5) is 14.1. The molecule has 1 heterocycles. The van der Waals surface area contributed by atoms with E-state index in [1.165, 1.54) is 0 Å². The van der Waals surface area contributed by atoms with Gasteiger partial charge in [0.1, 0.15) is 0 Å². The molecule has 0 saturated carbocycles. The summed E-state index contributed by atoms with van der Waals surface area (Å²) in [5.41, 5.74) is 0.773. The van der Waals surface area contributed by atoms with Crippen molar-refractivity contribution in [1.82, 2.24) is 0 Å². The number of hydrogen-bond donors (Lipinski definition) is 1. The molecule has 0 atom stereocenters. The maximum Gasteiger partial charge on any atom is 0.309 e. The lowest BCUT2D eigenvalue weighted by Gasteiger charge is -2.02. The molecule has 0 fully saturated rings. The fourth-order valence-corrected chi connectivity index (χ4v) is 0.856. The van der Waals surface area contributed by atoms with Crippen LogP contribution in [0.25, 0.3) is 0 Å². The van der Waals surface area contributed by atoms with Crippen LogP contribution in [-0.4, -0.2) is 16.8 Å². The molecule has 3 heteroatoms. The van der Waals surface area contributed by atoms with E-state index in [9.17, 15) is 4.79 Å². The zero-order chi connectivity index (χ0) is 7.40. The maximum absolute atomic E-state index is 10.2. The highest BCUT2D eigenvalue weighted by molar-refractivity contribution is 5.98. The molecule has 0 bridgehead atoms. The number of carboxylic acid groups (broad SMARTS) is 1. The Morgan fingerprint density at radius 3 is 3.10 bits per heavy atom. The SMILES string of the molecule is O=C(O)CC1=NC=CCC1. The Bertz CT molecular complexity index is 194. The van der Waals surface area contributed by atoms with Crippen LogP contribution in [0.3, 0.4) is 0 Å². The first-order valence-corrected chi connectivity index (χ1v) is 3.21. The van der Waals surface area contributed by atoms with E-state index < -0.39 is 5.97 Å². The molecule has 0 aromatic carbocycles. The van der Waals surface area contributed by atoms with Gasteiger partial charge in [0, 0.05) is 11.9 Å². The minimum atomic E-state index is -0.797. The van der Waals surface area contributed by atoms with Gasteiger partial charge in [-0.05, 0) is 12.8 Å². The van der Waals surface area contributed by atoms with Gasteiger partial charge >= 0.3 is 5.97 Å². The fraction of sp³-hybridized carbons (Fsp3) is 0.429. The van der Waals surface area contributed by atoms with Crippen LogP contribution in [-0.2, 0) is 4.79 Å². The average Bonchev–Trinajstić information content (AvgIpc) is 1.88. The highest BCUT2D eigenvalue weighted by atomic mass is 16.4. The monoisotopic (exact) mass is 139 g/mol. The lowest BCUT2D eigenvalue weighted by atomic mass is 10.1. The van der Waals surface area contributed by atoms with E-state index in [-0.39, 0.29) is 6.42 Å². The Labute approximate surface area is 59.1 Å². The third-order valence-corrected chi connectivity index (χ3v) is 1.32. The second kappa shape index (κ2) is 3.15. The molecule has 0 spiro atoms. The van der Waals surface area contributed by atoms with Gasteiger partial charge in [-0.1, -0.05) is 6.08 Å². The van der Waals surface area contributed by atoms with E-state index in [0.717, 1.165) is 18.6 Å². The third-order valence-electron chi connectivity index (χ3n) is 1.32. The quantitative estimate of drug-likeness (QED) is 0.625. The molecule has 1 rings (SSSR count). The zero-order valence-corrected chi connectivity index (χ0v) is 5.58. The number of aliphatic carboxylic acids is 1. The summed E-state index contributed by atoms with van der Waals surface area (Å²) in [5, 5.41) is 8.36. The summed E-state index contributed by atoms with van der Waals surface area (Å²) in [6.45, 7) is 0. The van der Waals surface area contributed by atoms with Crippen molar-refractivity contribution in [3.63, 3.8) is 0 Å². The standard InChI is InChI=1S/C7H9NO2/c9-7(10)5-6-3-1-2-4-8-6/h2,4H,1,3,5H2,(H,9,10). The number of hydrogen-bond acceptors (Lipinski definition) is 2. The Morgan fingerprint density at radius 1 is 1.80 bits per heavy atom. The van der Waals surface area contributed by atoms with E-state index in [1.807, 2.05) is 6.08 Å². The molecule has 0 saturated heterocycles. The van der Waals surface area contributed by atoms with Crippen molar-refractivity contribution >= 4 is 11.7 Å². The van der Waals surface area contributed by atoms with Crippen LogP contribution >= 0.6 is 0 Å². The van der Waals surface area contributed by atoms with Crippen LogP contribution in [0.1, 0.15) is 19.3 Å². The molecule has 1 aliphatic rings. The number of allylic oxidation sites excluding steroid dienone is 1. The fourth-order valence-electron chi connectivity index (χ4n) is 0.856. The van der Waals surface area contributed by atoms with Gasteiger partial charge in [-0.25, -0.2) is 0 Å². The molecular weight excluding hydrogens is 130 g/mol. The van der Waals surface area contributed by atoms with Crippen LogP contribution in [0.15, 0.2) is 17.3 Å². The second-order valence-corrected chi connectivity index (χ2v) is 2.19. The highest BCUT2D eigenvalue weighted by Gasteiger charge is 2.05. The summed E-state index contributed by atoms with van der Waals surface area (Å²) < 4.78 is 0. The first-order chi connectivity index (χ1) is 4.79. The Morgan fingerprint density at radius 2 is 2.60 bits per heavy atom.